The molecule has 0 radical (unpaired) electrons. The largest absolute Gasteiger partial charge is 0.348 e. The second-order valence-corrected chi connectivity index (χ2v) is 5.66. The highest BCUT2D eigenvalue weighted by Crippen LogP contribution is 2.19. The molecule has 0 aliphatic carbocycles. The second kappa shape index (κ2) is 6.10. The Labute approximate surface area is 131 Å². The lowest BCUT2D eigenvalue weighted by Gasteiger charge is -2.09. The van der Waals surface area contributed by atoms with E-state index >= 15 is 0 Å². The van der Waals surface area contributed by atoms with E-state index in [-0.39, 0.29) is 5.91 Å². The van der Waals surface area contributed by atoms with Crippen molar-refractivity contribution in [2.45, 2.75) is 6.54 Å². The Morgan fingerprint density at radius 3 is 2.48 bits per heavy atom. The minimum absolute atomic E-state index is 0.0737. The first-order valence-electron chi connectivity index (χ1n) is 6.75. The Morgan fingerprint density at radius 2 is 1.62 bits per heavy atom. The minimum Gasteiger partial charge on any atom is -0.348 e. The number of hydrogen-bond acceptors (Lipinski definition) is 1. The van der Waals surface area contributed by atoms with Crippen molar-refractivity contribution in [1.29, 1.82) is 0 Å². The second-order valence-electron chi connectivity index (χ2n) is 4.80. The molecule has 1 amide bonds. The molecule has 0 aromatic heterocycles. The summed E-state index contributed by atoms with van der Waals surface area (Å²) in [4.78, 5) is 12.2. The molecule has 0 spiro atoms. The third-order valence-corrected chi connectivity index (χ3v) is 4.13. The molecule has 3 heteroatoms. The zero-order chi connectivity index (χ0) is 14.7. The van der Waals surface area contributed by atoms with Crippen molar-refractivity contribution in [2.24, 2.45) is 0 Å². The number of amides is 1. The fourth-order valence-electron chi connectivity index (χ4n) is 2.36. The Bertz CT molecular complexity index is 793. The number of carbonyl (C=O) groups is 1. The topological polar surface area (TPSA) is 29.1 Å². The van der Waals surface area contributed by atoms with Gasteiger partial charge in [-0.3, -0.25) is 4.79 Å². The van der Waals surface area contributed by atoms with Crippen molar-refractivity contribution in [3.63, 3.8) is 0 Å². The number of hydrogen-bond donors (Lipinski definition) is 1. The van der Waals surface area contributed by atoms with Gasteiger partial charge in [0.2, 0.25) is 0 Å². The van der Waals surface area contributed by atoms with Crippen LogP contribution in [-0.2, 0) is 6.54 Å². The summed E-state index contributed by atoms with van der Waals surface area (Å²) >= 11 is 3.40. The Balaban J connectivity index is 1.81. The monoisotopic (exact) mass is 339 g/mol. The summed E-state index contributed by atoms with van der Waals surface area (Å²) in [5.74, 6) is -0.0737. The van der Waals surface area contributed by atoms with E-state index in [1.165, 1.54) is 10.8 Å². The number of benzene rings is 3. The van der Waals surface area contributed by atoms with Crippen LogP contribution in [0.5, 0.6) is 0 Å². The van der Waals surface area contributed by atoms with E-state index in [9.17, 15) is 4.79 Å². The van der Waals surface area contributed by atoms with Crippen LogP contribution < -0.4 is 5.32 Å². The summed E-state index contributed by atoms with van der Waals surface area (Å²) in [5.41, 5.74) is 1.77. The van der Waals surface area contributed by atoms with E-state index < -0.39 is 0 Å². The van der Waals surface area contributed by atoms with E-state index in [1.807, 2.05) is 48.5 Å². The van der Waals surface area contributed by atoms with Gasteiger partial charge < -0.3 is 5.32 Å². The molecule has 0 bridgehead atoms. The normalized spacial score (nSPS) is 10.5. The van der Waals surface area contributed by atoms with Crippen LogP contribution in [0.3, 0.4) is 0 Å². The van der Waals surface area contributed by atoms with Crippen molar-refractivity contribution in [1.82, 2.24) is 5.32 Å². The maximum atomic E-state index is 12.2. The van der Waals surface area contributed by atoms with Crippen molar-refractivity contribution in [3.05, 3.63) is 82.3 Å². The molecule has 0 atom stereocenters. The molecule has 0 saturated heterocycles. The lowest BCUT2D eigenvalue weighted by Crippen LogP contribution is -2.23. The van der Waals surface area contributed by atoms with Crippen LogP contribution in [0.4, 0.5) is 0 Å². The molecule has 0 saturated carbocycles. The van der Waals surface area contributed by atoms with E-state index in [2.05, 4.69) is 39.4 Å². The van der Waals surface area contributed by atoms with Crippen molar-refractivity contribution in [3.8, 4) is 0 Å². The van der Waals surface area contributed by atoms with Gasteiger partial charge in [0.1, 0.15) is 0 Å². The van der Waals surface area contributed by atoms with Gasteiger partial charge in [-0.05, 0) is 44.4 Å². The standard InChI is InChI=1S/C18H14BrNO/c19-17-11-4-3-10-16(17)18(21)20-12-14-8-5-7-13-6-1-2-9-15(13)14/h1-11H,12H2,(H,20,21). The number of nitrogens with one attached hydrogen (secondary N) is 1. The van der Waals surface area contributed by atoms with E-state index in [0.717, 1.165) is 10.0 Å². The number of carbonyl (C=O) groups excluding carboxylic acids is 1. The zero-order valence-corrected chi connectivity index (χ0v) is 12.9. The summed E-state index contributed by atoms with van der Waals surface area (Å²) in [6, 6.07) is 21.8. The van der Waals surface area contributed by atoms with Crippen LogP contribution in [0, 0.1) is 0 Å². The molecule has 3 aromatic carbocycles. The first-order chi connectivity index (χ1) is 10.3. The molecule has 3 rings (SSSR count). The SMILES string of the molecule is O=C(NCc1cccc2ccccc12)c1ccccc1Br. The van der Waals surface area contributed by atoms with E-state index in [0.29, 0.717) is 12.1 Å². The quantitative estimate of drug-likeness (QED) is 0.746. The highest BCUT2D eigenvalue weighted by atomic mass is 79.9. The number of fused-ring (bicyclic) bond motifs is 1. The van der Waals surface area contributed by atoms with Crippen molar-refractivity contribution in [2.75, 3.05) is 0 Å². The average molecular weight is 340 g/mol. The Kier molecular flexibility index (Phi) is 4.02. The average Bonchev–Trinajstić information content (AvgIpc) is 2.53. The highest BCUT2D eigenvalue weighted by molar-refractivity contribution is 9.10. The molecule has 104 valence electrons. The van der Waals surface area contributed by atoms with Gasteiger partial charge in [-0.2, -0.15) is 0 Å². The third-order valence-electron chi connectivity index (χ3n) is 3.44. The lowest BCUT2D eigenvalue weighted by molar-refractivity contribution is 0.0950. The molecule has 1 N–H and O–H groups in total. The molecule has 0 unspecified atom stereocenters. The predicted molar refractivity (Wildman–Crippen MR) is 89.3 cm³/mol. The molecular weight excluding hydrogens is 326 g/mol. The van der Waals surface area contributed by atoms with Crippen molar-refractivity contribution >= 4 is 32.6 Å². The van der Waals surface area contributed by atoms with Crippen LogP contribution in [0.15, 0.2) is 71.2 Å². The minimum atomic E-state index is -0.0737. The fourth-order valence-corrected chi connectivity index (χ4v) is 2.83. The zero-order valence-electron chi connectivity index (χ0n) is 11.3. The lowest BCUT2D eigenvalue weighted by atomic mass is 10.0. The van der Waals surface area contributed by atoms with Gasteiger partial charge in [-0.1, -0.05) is 54.6 Å². The first-order valence-corrected chi connectivity index (χ1v) is 7.54. The highest BCUT2D eigenvalue weighted by Gasteiger charge is 2.09. The maximum absolute atomic E-state index is 12.2. The summed E-state index contributed by atoms with van der Waals surface area (Å²) in [5, 5.41) is 5.34. The van der Waals surface area contributed by atoms with Crippen LogP contribution in [0.25, 0.3) is 10.8 Å². The number of halogens is 1. The third kappa shape index (κ3) is 2.98. The molecule has 0 fully saturated rings. The molecule has 0 aliphatic heterocycles. The van der Waals surface area contributed by atoms with E-state index in [4.69, 9.17) is 0 Å². The summed E-state index contributed by atoms with van der Waals surface area (Å²) in [6.07, 6.45) is 0. The summed E-state index contributed by atoms with van der Waals surface area (Å²) < 4.78 is 0.806. The van der Waals surface area contributed by atoms with Gasteiger partial charge in [0.05, 0.1) is 5.56 Å². The van der Waals surface area contributed by atoms with Gasteiger partial charge in [-0.15, -0.1) is 0 Å². The summed E-state index contributed by atoms with van der Waals surface area (Å²) in [7, 11) is 0. The molecule has 3 aromatic rings. The first kappa shape index (κ1) is 13.8. The van der Waals surface area contributed by atoms with Crippen LogP contribution in [0.2, 0.25) is 0 Å². The fraction of sp³-hybridized carbons (Fsp3) is 0.0556. The molecule has 21 heavy (non-hydrogen) atoms. The van der Waals surface area contributed by atoms with Crippen molar-refractivity contribution < 1.29 is 4.79 Å². The molecule has 0 heterocycles. The van der Waals surface area contributed by atoms with Gasteiger partial charge in [0.15, 0.2) is 0 Å². The van der Waals surface area contributed by atoms with Gasteiger partial charge in [0, 0.05) is 11.0 Å². The Hall–Kier alpha value is -2.13. The van der Waals surface area contributed by atoms with Crippen LogP contribution in [-0.4, -0.2) is 5.91 Å². The van der Waals surface area contributed by atoms with Gasteiger partial charge in [0.25, 0.3) is 5.91 Å². The van der Waals surface area contributed by atoms with Gasteiger partial charge in [-0.25, -0.2) is 0 Å². The van der Waals surface area contributed by atoms with E-state index in [1.54, 1.807) is 0 Å². The molecule has 2 nitrogen and oxygen atoms in total. The van der Waals surface area contributed by atoms with Crippen LogP contribution in [0.1, 0.15) is 15.9 Å². The molecular formula is C18H14BrNO. The van der Waals surface area contributed by atoms with Crippen LogP contribution >= 0.6 is 15.9 Å². The number of rotatable bonds is 3. The smallest absolute Gasteiger partial charge is 0.252 e. The summed E-state index contributed by atoms with van der Waals surface area (Å²) in [6.45, 7) is 0.515. The maximum Gasteiger partial charge on any atom is 0.252 e. The van der Waals surface area contributed by atoms with Gasteiger partial charge >= 0.3 is 0 Å². The molecule has 0 aliphatic rings. The predicted octanol–water partition coefficient (Wildman–Crippen LogP) is 4.53. The Morgan fingerprint density at radius 1 is 0.905 bits per heavy atom.